The van der Waals surface area contributed by atoms with Gasteiger partial charge in [-0.05, 0) is 30.9 Å². The molecule has 0 atom stereocenters. The van der Waals surface area contributed by atoms with Gasteiger partial charge in [0.25, 0.3) is 0 Å². The number of carboxylic acids is 1. The number of carboxylic acid groups (broad SMARTS) is 1. The van der Waals surface area contributed by atoms with Crippen molar-refractivity contribution in [2.24, 2.45) is 0 Å². The second kappa shape index (κ2) is 4.50. The summed E-state index contributed by atoms with van der Waals surface area (Å²) >= 11 is 1.40. The Labute approximate surface area is 86.8 Å². The van der Waals surface area contributed by atoms with E-state index in [-0.39, 0.29) is 5.91 Å². The second-order valence-corrected chi connectivity index (χ2v) is 4.01. The number of carbonyl (C=O) groups is 2. The van der Waals surface area contributed by atoms with Crippen LogP contribution in [0.5, 0.6) is 0 Å². The number of rotatable bonds is 4. The molecule has 0 bridgehead atoms. The highest BCUT2D eigenvalue weighted by atomic mass is 32.2. The minimum Gasteiger partial charge on any atom is -0.480 e. The Kier molecular flexibility index (Phi) is 3.57. The molecule has 0 heterocycles. The Morgan fingerprint density at radius 2 is 2.14 bits per heavy atom. The number of hydrogen-bond donors (Lipinski definition) is 2. The highest BCUT2D eigenvalue weighted by Gasteiger charge is 2.45. The fourth-order valence-electron chi connectivity index (χ4n) is 1.33. The largest absolute Gasteiger partial charge is 0.480 e. The van der Waals surface area contributed by atoms with Crippen LogP contribution in [0.3, 0.4) is 0 Å². The van der Waals surface area contributed by atoms with Crippen molar-refractivity contribution in [3.05, 3.63) is 11.5 Å². The summed E-state index contributed by atoms with van der Waals surface area (Å²) in [5.41, 5.74) is -1.00. The van der Waals surface area contributed by atoms with Crippen LogP contribution < -0.4 is 5.32 Å². The van der Waals surface area contributed by atoms with Gasteiger partial charge in [0.2, 0.25) is 5.91 Å². The average molecular weight is 215 g/mol. The van der Waals surface area contributed by atoms with E-state index in [0.717, 1.165) is 6.42 Å². The minimum absolute atomic E-state index is 0.332. The third kappa shape index (κ3) is 2.29. The topological polar surface area (TPSA) is 66.4 Å². The molecule has 2 N–H and O–H groups in total. The van der Waals surface area contributed by atoms with Crippen molar-refractivity contribution in [3.8, 4) is 0 Å². The van der Waals surface area contributed by atoms with Gasteiger partial charge in [-0.1, -0.05) is 0 Å². The Bertz CT molecular complexity index is 271. The standard InChI is InChI=1S/C9H13NO3S/c1-14-6-3-7(11)10-9(8(12)13)4-2-5-9/h3,6H,2,4-5H2,1H3,(H,10,11)(H,12,13)/b6-3+. The van der Waals surface area contributed by atoms with Gasteiger partial charge in [-0.2, -0.15) is 0 Å². The lowest BCUT2D eigenvalue weighted by Gasteiger charge is -2.37. The Morgan fingerprint density at radius 3 is 2.50 bits per heavy atom. The molecule has 0 aromatic heterocycles. The Balaban J connectivity index is 2.53. The van der Waals surface area contributed by atoms with E-state index >= 15 is 0 Å². The predicted molar refractivity (Wildman–Crippen MR) is 55.0 cm³/mol. The van der Waals surface area contributed by atoms with Crippen LogP contribution in [0.2, 0.25) is 0 Å². The van der Waals surface area contributed by atoms with Crippen molar-refractivity contribution >= 4 is 23.6 Å². The lowest BCUT2D eigenvalue weighted by molar-refractivity contribution is -0.151. The van der Waals surface area contributed by atoms with Crippen molar-refractivity contribution in [1.29, 1.82) is 0 Å². The van der Waals surface area contributed by atoms with E-state index in [1.165, 1.54) is 17.8 Å². The third-order valence-corrected chi connectivity index (χ3v) is 2.74. The van der Waals surface area contributed by atoms with E-state index in [2.05, 4.69) is 5.32 Å². The van der Waals surface area contributed by atoms with Crippen LogP contribution in [0.4, 0.5) is 0 Å². The third-order valence-electron chi connectivity index (χ3n) is 2.33. The molecule has 1 aliphatic rings. The molecule has 1 aliphatic carbocycles. The molecule has 14 heavy (non-hydrogen) atoms. The van der Waals surface area contributed by atoms with Gasteiger partial charge in [0.15, 0.2) is 0 Å². The van der Waals surface area contributed by atoms with E-state index in [9.17, 15) is 9.59 Å². The van der Waals surface area contributed by atoms with E-state index in [4.69, 9.17) is 5.11 Å². The lowest BCUT2D eigenvalue weighted by Crippen LogP contribution is -2.58. The van der Waals surface area contributed by atoms with Crippen molar-refractivity contribution in [2.45, 2.75) is 24.8 Å². The molecule has 0 saturated heterocycles. The number of hydrogen-bond acceptors (Lipinski definition) is 3. The molecule has 4 nitrogen and oxygen atoms in total. The first-order valence-corrected chi connectivity index (χ1v) is 5.64. The zero-order valence-corrected chi connectivity index (χ0v) is 8.76. The molecule has 1 fully saturated rings. The van der Waals surface area contributed by atoms with E-state index < -0.39 is 11.5 Å². The molecular formula is C9H13NO3S. The summed E-state index contributed by atoms with van der Waals surface area (Å²) in [6, 6.07) is 0. The van der Waals surface area contributed by atoms with Gasteiger partial charge in [-0.15, -0.1) is 11.8 Å². The smallest absolute Gasteiger partial charge is 0.329 e. The molecule has 5 heteroatoms. The summed E-state index contributed by atoms with van der Waals surface area (Å²) in [7, 11) is 0. The fraction of sp³-hybridized carbons (Fsp3) is 0.556. The van der Waals surface area contributed by atoms with Crippen molar-refractivity contribution in [3.63, 3.8) is 0 Å². The number of carbonyl (C=O) groups excluding carboxylic acids is 1. The molecule has 0 aromatic carbocycles. The highest BCUT2D eigenvalue weighted by Crippen LogP contribution is 2.31. The van der Waals surface area contributed by atoms with Gasteiger partial charge in [0.05, 0.1) is 0 Å². The molecule has 1 saturated carbocycles. The molecule has 78 valence electrons. The van der Waals surface area contributed by atoms with Crippen molar-refractivity contribution < 1.29 is 14.7 Å². The molecule has 0 spiro atoms. The monoisotopic (exact) mass is 215 g/mol. The minimum atomic E-state index is -1.00. The SMILES string of the molecule is CS/C=C/C(=O)NC1(C(=O)O)CCC1. The maximum atomic E-state index is 11.2. The van der Waals surface area contributed by atoms with Gasteiger partial charge < -0.3 is 10.4 Å². The lowest BCUT2D eigenvalue weighted by atomic mass is 9.77. The zero-order chi connectivity index (χ0) is 10.6. The first kappa shape index (κ1) is 11.1. The van der Waals surface area contributed by atoms with E-state index in [1.54, 1.807) is 5.41 Å². The van der Waals surface area contributed by atoms with Gasteiger partial charge in [-0.25, -0.2) is 4.79 Å². The number of amides is 1. The fourth-order valence-corrected chi connectivity index (χ4v) is 1.59. The van der Waals surface area contributed by atoms with Crippen LogP contribution in [-0.4, -0.2) is 28.8 Å². The Hall–Kier alpha value is -0.970. The summed E-state index contributed by atoms with van der Waals surface area (Å²) in [5.74, 6) is -1.27. The summed E-state index contributed by atoms with van der Waals surface area (Å²) in [6.07, 6.45) is 5.11. The maximum absolute atomic E-state index is 11.2. The van der Waals surface area contributed by atoms with E-state index in [1.807, 2.05) is 6.26 Å². The van der Waals surface area contributed by atoms with Crippen LogP contribution in [0.1, 0.15) is 19.3 Å². The molecular weight excluding hydrogens is 202 g/mol. The maximum Gasteiger partial charge on any atom is 0.329 e. The van der Waals surface area contributed by atoms with Crippen molar-refractivity contribution in [2.75, 3.05) is 6.26 Å². The summed E-state index contributed by atoms with van der Waals surface area (Å²) in [5, 5.41) is 13.1. The molecule has 0 aliphatic heterocycles. The first-order chi connectivity index (χ1) is 6.60. The summed E-state index contributed by atoms with van der Waals surface area (Å²) < 4.78 is 0. The molecule has 1 rings (SSSR count). The normalized spacial score (nSPS) is 18.9. The number of aliphatic carboxylic acids is 1. The highest BCUT2D eigenvalue weighted by molar-refractivity contribution is 8.01. The number of thioether (sulfide) groups is 1. The molecule has 0 unspecified atom stereocenters. The summed E-state index contributed by atoms with van der Waals surface area (Å²) in [6.45, 7) is 0. The summed E-state index contributed by atoms with van der Waals surface area (Å²) in [4.78, 5) is 22.1. The Morgan fingerprint density at radius 1 is 1.50 bits per heavy atom. The van der Waals surface area contributed by atoms with Gasteiger partial charge in [0, 0.05) is 6.08 Å². The zero-order valence-electron chi connectivity index (χ0n) is 7.95. The van der Waals surface area contributed by atoms with Gasteiger partial charge >= 0.3 is 5.97 Å². The van der Waals surface area contributed by atoms with Crippen LogP contribution in [0.15, 0.2) is 11.5 Å². The van der Waals surface area contributed by atoms with Crippen LogP contribution in [0.25, 0.3) is 0 Å². The van der Waals surface area contributed by atoms with Crippen LogP contribution in [0, 0.1) is 0 Å². The average Bonchev–Trinajstić information content (AvgIpc) is 2.07. The van der Waals surface area contributed by atoms with Crippen LogP contribution in [-0.2, 0) is 9.59 Å². The predicted octanol–water partition coefficient (Wildman–Crippen LogP) is 0.987. The quantitative estimate of drug-likeness (QED) is 0.686. The molecule has 0 radical (unpaired) electrons. The van der Waals surface area contributed by atoms with E-state index in [0.29, 0.717) is 12.8 Å². The van der Waals surface area contributed by atoms with Gasteiger partial charge in [0.1, 0.15) is 5.54 Å². The molecule has 0 aromatic rings. The van der Waals surface area contributed by atoms with Gasteiger partial charge in [-0.3, -0.25) is 4.79 Å². The van der Waals surface area contributed by atoms with Crippen LogP contribution >= 0.6 is 11.8 Å². The second-order valence-electron chi connectivity index (χ2n) is 3.27. The first-order valence-electron chi connectivity index (χ1n) is 4.35. The molecule has 1 amide bonds. The van der Waals surface area contributed by atoms with Crippen molar-refractivity contribution in [1.82, 2.24) is 5.32 Å². The number of nitrogens with one attached hydrogen (secondary N) is 1.